The Balaban J connectivity index is 1.53. The Morgan fingerprint density at radius 1 is 1.20 bits per heavy atom. The van der Waals surface area contributed by atoms with Crippen LogP contribution in [0.5, 0.6) is 11.5 Å². The van der Waals surface area contributed by atoms with E-state index < -0.39 is 0 Å². The molecule has 0 unspecified atom stereocenters. The lowest BCUT2D eigenvalue weighted by Gasteiger charge is -2.22. The number of nitrogens with zero attached hydrogens (tertiary/aromatic N) is 3. The maximum Gasteiger partial charge on any atom is 0.231 e. The summed E-state index contributed by atoms with van der Waals surface area (Å²) in [6.07, 6.45) is 2.45. The van der Waals surface area contributed by atoms with Gasteiger partial charge in [0.15, 0.2) is 11.5 Å². The van der Waals surface area contributed by atoms with Gasteiger partial charge in [0.2, 0.25) is 23.7 Å². The molecule has 0 bridgehead atoms. The first-order chi connectivity index (χ1) is 14.6. The molecule has 3 rings (SSSR count). The van der Waals surface area contributed by atoms with Crippen LogP contribution in [0.15, 0.2) is 18.2 Å². The minimum Gasteiger partial charge on any atom is -0.454 e. The molecule has 1 aliphatic heterocycles. The third-order valence-corrected chi connectivity index (χ3v) is 5.45. The summed E-state index contributed by atoms with van der Waals surface area (Å²) in [5.74, 6) is 1.19. The predicted octanol–water partition coefficient (Wildman–Crippen LogP) is 2.93. The van der Waals surface area contributed by atoms with Gasteiger partial charge in [-0.3, -0.25) is 9.59 Å². The van der Waals surface area contributed by atoms with E-state index in [1.54, 1.807) is 12.0 Å². The van der Waals surface area contributed by atoms with Gasteiger partial charge < -0.3 is 24.4 Å². The molecule has 10 heteroatoms. The molecule has 30 heavy (non-hydrogen) atoms. The molecule has 0 spiro atoms. The number of amides is 2. The Hall–Kier alpha value is -2.72. The van der Waals surface area contributed by atoms with Crippen molar-refractivity contribution < 1.29 is 23.8 Å². The predicted molar refractivity (Wildman–Crippen MR) is 113 cm³/mol. The lowest BCUT2D eigenvalue weighted by Crippen LogP contribution is -2.36. The average molecular weight is 435 g/mol. The van der Waals surface area contributed by atoms with Crippen molar-refractivity contribution in [2.75, 3.05) is 38.9 Å². The topological polar surface area (TPSA) is 103 Å². The molecule has 1 aromatic heterocycles. The monoisotopic (exact) mass is 434 g/mol. The van der Waals surface area contributed by atoms with Gasteiger partial charge in [-0.15, -0.1) is 10.2 Å². The highest BCUT2D eigenvalue weighted by atomic mass is 32.1. The van der Waals surface area contributed by atoms with Crippen LogP contribution in [0.3, 0.4) is 0 Å². The first-order valence-electron chi connectivity index (χ1n) is 9.90. The number of carbonyl (C=O) groups is 2. The lowest BCUT2D eigenvalue weighted by molar-refractivity contribution is -0.132. The van der Waals surface area contributed by atoms with Crippen molar-refractivity contribution in [2.45, 2.75) is 32.6 Å². The Bertz CT molecular complexity index is 873. The van der Waals surface area contributed by atoms with Crippen LogP contribution in [0.25, 0.3) is 10.6 Å². The molecular weight excluding hydrogens is 408 g/mol. The van der Waals surface area contributed by atoms with Crippen LogP contribution in [0.2, 0.25) is 0 Å². The number of rotatable bonds is 11. The fourth-order valence-corrected chi connectivity index (χ4v) is 3.64. The molecule has 0 saturated carbocycles. The third kappa shape index (κ3) is 5.90. The maximum absolute atomic E-state index is 12.3. The smallest absolute Gasteiger partial charge is 0.231 e. The van der Waals surface area contributed by atoms with Crippen molar-refractivity contribution in [1.82, 2.24) is 15.1 Å². The quantitative estimate of drug-likeness (QED) is 0.580. The summed E-state index contributed by atoms with van der Waals surface area (Å²) in [7, 11) is 1.59. The fraction of sp³-hybridized carbons (Fsp3) is 0.500. The average Bonchev–Trinajstić information content (AvgIpc) is 3.40. The second kappa shape index (κ2) is 10.9. The number of nitrogens with one attached hydrogen (secondary N) is 1. The van der Waals surface area contributed by atoms with E-state index in [0.717, 1.165) is 18.4 Å². The highest BCUT2D eigenvalue weighted by molar-refractivity contribution is 7.18. The van der Waals surface area contributed by atoms with E-state index in [2.05, 4.69) is 15.5 Å². The summed E-state index contributed by atoms with van der Waals surface area (Å²) in [5.41, 5.74) is 0.838. The molecule has 9 nitrogen and oxygen atoms in total. The molecule has 2 amide bonds. The summed E-state index contributed by atoms with van der Waals surface area (Å²) in [6.45, 7) is 3.50. The first kappa shape index (κ1) is 22.0. The van der Waals surface area contributed by atoms with E-state index in [0.29, 0.717) is 47.8 Å². The minimum atomic E-state index is -0.214. The second-order valence-electron chi connectivity index (χ2n) is 6.76. The van der Waals surface area contributed by atoms with Crippen LogP contribution in [0, 0.1) is 0 Å². The van der Waals surface area contributed by atoms with Crippen molar-refractivity contribution in [3.05, 3.63) is 18.2 Å². The van der Waals surface area contributed by atoms with Gasteiger partial charge in [0.1, 0.15) is 5.01 Å². The summed E-state index contributed by atoms with van der Waals surface area (Å²) in [4.78, 5) is 26.3. The van der Waals surface area contributed by atoms with Crippen molar-refractivity contribution in [2.24, 2.45) is 0 Å². The van der Waals surface area contributed by atoms with Gasteiger partial charge in [-0.2, -0.15) is 0 Å². The van der Waals surface area contributed by atoms with Gasteiger partial charge >= 0.3 is 0 Å². The van der Waals surface area contributed by atoms with Crippen LogP contribution in [0.1, 0.15) is 32.6 Å². The zero-order chi connectivity index (χ0) is 21.3. The van der Waals surface area contributed by atoms with Crippen molar-refractivity contribution >= 4 is 28.3 Å². The van der Waals surface area contributed by atoms with Gasteiger partial charge in [0.25, 0.3) is 0 Å². The Morgan fingerprint density at radius 3 is 2.83 bits per heavy atom. The first-order valence-corrected chi connectivity index (χ1v) is 10.7. The number of methoxy groups -OCH3 is 1. The lowest BCUT2D eigenvalue weighted by atomic mass is 10.2. The van der Waals surface area contributed by atoms with E-state index >= 15 is 0 Å². The van der Waals surface area contributed by atoms with Crippen LogP contribution in [-0.4, -0.2) is 60.5 Å². The Kier molecular flexibility index (Phi) is 7.97. The molecule has 0 saturated heterocycles. The van der Waals surface area contributed by atoms with Crippen molar-refractivity contribution in [1.29, 1.82) is 0 Å². The van der Waals surface area contributed by atoms with Crippen LogP contribution >= 0.6 is 11.3 Å². The number of unbranched alkanes of at least 4 members (excludes halogenated alkanes) is 1. The summed E-state index contributed by atoms with van der Waals surface area (Å²) >= 11 is 1.27. The van der Waals surface area contributed by atoms with E-state index in [9.17, 15) is 9.59 Å². The van der Waals surface area contributed by atoms with Crippen molar-refractivity contribution in [3.8, 4) is 22.1 Å². The fourth-order valence-electron chi connectivity index (χ4n) is 2.89. The third-order valence-electron chi connectivity index (χ3n) is 4.56. The minimum absolute atomic E-state index is 0.0442. The number of ether oxygens (including phenoxy) is 3. The Morgan fingerprint density at radius 2 is 2.03 bits per heavy atom. The Labute approximate surface area is 179 Å². The SMILES string of the molecule is CCCCC(=O)N(CCOC)CCC(=O)Nc1nnc(-c2ccc3c(c2)OCO3)s1. The zero-order valence-electron chi connectivity index (χ0n) is 17.2. The van der Waals surface area contributed by atoms with E-state index in [1.165, 1.54) is 11.3 Å². The largest absolute Gasteiger partial charge is 0.454 e. The molecule has 0 radical (unpaired) electrons. The van der Waals surface area contributed by atoms with E-state index in [1.807, 2.05) is 25.1 Å². The highest BCUT2D eigenvalue weighted by Gasteiger charge is 2.18. The summed E-state index contributed by atoms with van der Waals surface area (Å²) < 4.78 is 15.8. The van der Waals surface area contributed by atoms with E-state index in [4.69, 9.17) is 14.2 Å². The van der Waals surface area contributed by atoms with Gasteiger partial charge in [-0.25, -0.2) is 0 Å². The van der Waals surface area contributed by atoms with Gasteiger partial charge in [-0.1, -0.05) is 24.7 Å². The molecule has 1 aliphatic rings. The number of carbonyl (C=O) groups excluding carboxylic acids is 2. The number of hydrogen-bond acceptors (Lipinski definition) is 8. The van der Waals surface area contributed by atoms with Crippen molar-refractivity contribution in [3.63, 3.8) is 0 Å². The second-order valence-corrected chi connectivity index (χ2v) is 7.73. The zero-order valence-corrected chi connectivity index (χ0v) is 18.0. The van der Waals surface area contributed by atoms with E-state index in [-0.39, 0.29) is 25.0 Å². The standard InChI is InChI=1S/C20H26N4O5S/c1-3-4-5-18(26)24(10-11-27-2)9-8-17(25)21-20-23-22-19(30-20)14-6-7-15-16(12-14)29-13-28-15/h6-7,12H,3-5,8-11,13H2,1-2H3,(H,21,23,25). The molecular formula is C20H26N4O5S. The van der Waals surface area contributed by atoms with Crippen LogP contribution < -0.4 is 14.8 Å². The molecule has 0 atom stereocenters. The molecule has 1 N–H and O–H groups in total. The van der Waals surface area contributed by atoms with Gasteiger partial charge in [0, 0.05) is 38.6 Å². The maximum atomic E-state index is 12.3. The number of anilines is 1. The number of aromatic nitrogens is 2. The van der Waals surface area contributed by atoms with Gasteiger partial charge in [-0.05, 0) is 24.6 Å². The normalized spacial score (nSPS) is 12.1. The van der Waals surface area contributed by atoms with Gasteiger partial charge in [0.05, 0.1) is 6.61 Å². The highest BCUT2D eigenvalue weighted by Crippen LogP contribution is 2.37. The molecule has 2 heterocycles. The number of hydrogen-bond donors (Lipinski definition) is 1. The molecule has 0 aliphatic carbocycles. The number of benzene rings is 1. The molecule has 2 aromatic rings. The summed E-state index contributed by atoms with van der Waals surface area (Å²) in [6, 6.07) is 5.53. The molecule has 0 fully saturated rings. The van der Waals surface area contributed by atoms with Crippen LogP contribution in [0.4, 0.5) is 5.13 Å². The summed E-state index contributed by atoms with van der Waals surface area (Å²) in [5, 5.41) is 12.0. The number of fused-ring (bicyclic) bond motifs is 1. The van der Waals surface area contributed by atoms with Crippen LogP contribution in [-0.2, 0) is 14.3 Å². The molecule has 1 aromatic carbocycles. The molecule has 162 valence electrons.